The van der Waals surface area contributed by atoms with Gasteiger partial charge in [0.05, 0.1) is 21.1 Å². The number of nitrogens with zero attached hydrogens (tertiary/aromatic N) is 2. The number of rotatable bonds is 11. The number of benzene rings is 2. The summed E-state index contributed by atoms with van der Waals surface area (Å²) in [6, 6.07) is 11.0. The molecule has 2 aromatic carbocycles. The van der Waals surface area contributed by atoms with Crippen LogP contribution < -0.4 is 4.72 Å². The van der Waals surface area contributed by atoms with E-state index in [0.717, 1.165) is 30.4 Å². The highest BCUT2D eigenvalue weighted by molar-refractivity contribution is 7.92. The third-order valence-electron chi connectivity index (χ3n) is 6.20. The molecule has 0 saturated carbocycles. The number of esters is 1. The molecule has 0 aliphatic heterocycles. The van der Waals surface area contributed by atoms with E-state index in [0.29, 0.717) is 17.0 Å². The Hall–Kier alpha value is -3.99. The van der Waals surface area contributed by atoms with Crippen LogP contribution in [0.5, 0.6) is 0 Å². The molecule has 10 nitrogen and oxygen atoms in total. The van der Waals surface area contributed by atoms with Crippen LogP contribution in [-0.4, -0.2) is 36.3 Å². The van der Waals surface area contributed by atoms with Crippen LogP contribution in [0, 0.1) is 36.8 Å². The average Bonchev–Trinajstić information content (AvgIpc) is 3.14. The molecular formula is C27H31N3O7S. The van der Waals surface area contributed by atoms with Gasteiger partial charge >= 0.3 is 5.97 Å². The van der Waals surface area contributed by atoms with E-state index in [9.17, 15) is 28.1 Å². The highest BCUT2D eigenvalue weighted by atomic mass is 32.2. The number of hydrogen-bond donors (Lipinski definition) is 1. The minimum Gasteiger partial charge on any atom is -0.454 e. The highest BCUT2D eigenvalue weighted by Gasteiger charge is 2.24. The van der Waals surface area contributed by atoms with Crippen LogP contribution in [-0.2, 0) is 21.3 Å². The fourth-order valence-electron chi connectivity index (χ4n) is 4.04. The Morgan fingerprint density at radius 3 is 2.39 bits per heavy atom. The zero-order valence-electron chi connectivity index (χ0n) is 22.0. The Morgan fingerprint density at radius 1 is 1.05 bits per heavy atom. The van der Waals surface area contributed by atoms with E-state index < -0.39 is 27.5 Å². The van der Waals surface area contributed by atoms with Crippen LogP contribution in [0.3, 0.4) is 0 Å². The summed E-state index contributed by atoms with van der Waals surface area (Å²) in [5, 5.41) is 11.1. The molecule has 1 heterocycles. The number of non-ortho nitro benzene ring substituents is 1. The number of nitrogens with one attached hydrogen (secondary N) is 1. The molecule has 38 heavy (non-hydrogen) atoms. The number of para-hydroxylation sites is 1. The normalized spacial score (nSPS) is 11.4. The molecule has 3 rings (SSSR count). The number of ether oxygens (including phenoxy) is 1. The quantitative estimate of drug-likeness (QED) is 0.152. The second-order valence-electron chi connectivity index (χ2n) is 9.48. The minimum absolute atomic E-state index is 0.0808. The number of Topliss-reactive ketones (excluding diaryl/α,β-unsaturated/α-hetero) is 1. The molecule has 0 aliphatic rings. The molecule has 0 amide bonds. The fourth-order valence-corrected chi connectivity index (χ4v) is 5.39. The largest absolute Gasteiger partial charge is 0.454 e. The predicted molar refractivity (Wildman–Crippen MR) is 143 cm³/mol. The number of hydrogen-bond acceptors (Lipinski definition) is 7. The zero-order chi connectivity index (χ0) is 28.2. The number of sulfonamides is 1. The number of anilines is 1. The van der Waals surface area contributed by atoms with Gasteiger partial charge in [0.15, 0.2) is 6.61 Å². The zero-order valence-corrected chi connectivity index (χ0v) is 22.8. The lowest BCUT2D eigenvalue weighted by molar-refractivity contribution is -0.385. The number of aromatic nitrogens is 1. The monoisotopic (exact) mass is 541 g/mol. The first-order valence-corrected chi connectivity index (χ1v) is 13.5. The number of carbonyl (C=O) groups excluding carboxylic acids is 2. The number of carbonyl (C=O) groups is 2. The summed E-state index contributed by atoms with van der Waals surface area (Å²) in [6.45, 7) is 9.79. The molecule has 3 aromatic rings. The molecule has 0 bridgehead atoms. The van der Waals surface area contributed by atoms with Crippen molar-refractivity contribution in [3.05, 3.63) is 86.7 Å². The van der Waals surface area contributed by atoms with Gasteiger partial charge in [-0.3, -0.25) is 19.6 Å². The van der Waals surface area contributed by atoms with Crippen molar-refractivity contribution in [1.29, 1.82) is 0 Å². The molecule has 0 atom stereocenters. The van der Waals surface area contributed by atoms with Gasteiger partial charge < -0.3 is 9.30 Å². The summed E-state index contributed by atoms with van der Waals surface area (Å²) in [4.78, 5) is 35.9. The van der Waals surface area contributed by atoms with E-state index in [4.69, 9.17) is 4.74 Å². The van der Waals surface area contributed by atoms with Crippen LogP contribution in [0.1, 0.15) is 57.9 Å². The van der Waals surface area contributed by atoms with Crippen molar-refractivity contribution in [3.8, 4) is 0 Å². The van der Waals surface area contributed by atoms with Crippen LogP contribution in [0.15, 0.2) is 53.4 Å². The van der Waals surface area contributed by atoms with Crippen molar-refractivity contribution in [1.82, 2.24) is 4.57 Å². The van der Waals surface area contributed by atoms with E-state index >= 15 is 0 Å². The van der Waals surface area contributed by atoms with Gasteiger partial charge in [-0.25, -0.2) is 13.2 Å². The first-order valence-electron chi connectivity index (χ1n) is 12.1. The first kappa shape index (κ1) is 28.6. The van der Waals surface area contributed by atoms with Crippen LogP contribution in [0.25, 0.3) is 0 Å². The summed E-state index contributed by atoms with van der Waals surface area (Å²) in [6.07, 6.45) is 0.960. The molecular weight excluding hydrogens is 510 g/mol. The Labute approximate surface area is 221 Å². The third-order valence-corrected chi connectivity index (χ3v) is 7.71. The lowest BCUT2D eigenvalue weighted by atomic mass is 10.1. The molecule has 0 spiro atoms. The second-order valence-corrected chi connectivity index (χ2v) is 11.1. The van der Waals surface area contributed by atoms with E-state index in [1.165, 1.54) is 43.3 Å². The van der Waals surface area contributed by atoms with Crippen molar-refractivity contribution in [3.63, 3.8) is 0 Å². The van der Waals surface area contributed by atoms with E-state index in [1.807, 2.05) is 13.8 Å². The van der Waals surface area contributed by atoms with Gasteiger partial charge in [-0.1, -0.05) is 32.0 Å². The maximum Gasteiger partial charge on any atom is 0.340 e. The first-order chi connectivity index (χ1) is 17.8. The lowest BCUT2D eigenvalue weighted by Crippen LogP contribution is -2.19. The minimum atomic E-state index is -4.28. The van der Waals surface area contributed by atoms with E-state index in [1.54, 1.807) is 6.07 Å². The molecule has 202 valence electrons. The van der Waals surface area contributed by atoms with Crippen molar-refractivity contribution in [2.24, 2.45) is 5.92 Å². The number of nitro groups is 1. The van der Waals surface area contributed by atoms with Gasteiger partial charge in [0.25, 0.3) is 15.7 Å². The SMILES string of the molecule is Cc1ccc([N+](=O)[O-])cc1S(=O)(=O)Nc1ccccc1C(=O)OCC(=O)c1cc(C)n(CCC(C)C)c1C. The maximum atomic E-state index is 13.0. The van der Waals surface area contributed by atoms with Gasteiger partial charge in [0, 0.05) is 35.6 Å². The molecule has 0 unspecified atom stereocenters. The number of ketones is 1. The maximum absolute atomic E-state index is 13.0. The number of nitro benzene ring substituents is 1. The molecule has 0 fully saturated rings. The Balaban J connectivity index is 1.78. The van der Waals surface area contributed by atoms with Crippen molar-refractivity contribution in [2.45, 2.75) is 52.5 Å². The van der Waals surface area contributed by atoms with Crippen molar-refractivity contribution in [2.75, 3.05) is 11.3 Å². The molecule has 0 aliphatic carbocycles. The van der Waals surface area contributed by atoms with Crippen molar-refractivity contribution < 1.29 is 27.7 Å². The topological polar surface area (TPSA) is 138 Å². The summed E-state index contributed by atoms with van der Waals surface area (Å²) in [5.41, 5.74) is 1.93. The lowest BCUT2D eigenvalue weighted by Gasteiger charge is -2.13. The smallest absolute Gasteiger partial charge is 0.340 e. The Kier molecular flexibility index (Phi) is 8.72. The standard InChI is InChI=1S/C27H31N3O7S/c1-17(2)12-13-29-19(4)14-23(20(29)5)25(31)16-37-27(32)22-8-6-7-9-24(22)28-38(35,36)26-15-21(30(33)34)11-10-18(26)3/h6-11,14-15,17,28H,12-13,16H2,1-5H3. The van der Waals surface area contributed by atoms with Gasteiger partial charge in [-0.05, 0) is 56.9 Å². The molecule has 1 aromatic heterocycles. The number of aryl methyl sites for hydroxylation is 2. The van der Waals surface area contributed by atoms with Gasteiger partial charge in [-0.15, -0.1) is 0 Å². The molecule has 0 radical (unpaired) electrons. The fraction of sp³-hybridized carbons (Fsp3) is 0.333. The molecule has 1 N–H and O–H groups in total. The summed E-state index contributed by atoms with van der Waals surface area (Å²) in [5.74, 6) is -0.747. The van der Waals surface area contributed by atoms with Crippen LogP contribution in [0.4, 0.5) is 11.4 Å². The Bertz CT molecular complexity index is 1490. The van der Waals surface area contributed by atoms with Gasteiger partial charge in [0.2, 0.25) is 5.78 Å². The summed E-state index contributed by atoms with van der Waals surface area (Å²) >= 11 is 0. The third kappa shape index (κ3) is 6.46. The average molecular weight is 542 g/mol. The Morgan fingerprint density at radius 2 is 1.74 bits per heavy atom. The van der Waals surface area contributed by atoms with Crippen LogP contribution in [0.2, 0.25) is 0 Å². The van der Waals surface area contributed by atoms with E-state index in [2.05, 4.69) is 23.1 Å². The van der Waals surface area contributed by atoms with Crippen molar-refractivity contribution >= 4 is 33.2 Å². The highest BCUT2D eigenvalue weighted by Crippen LogP contribution is 2.26. The predicted octanol–water partition coefficient (Wildman–Crippen LogP) is 5.21. The van der Waals surface area contributed by atoms with Crippen LogP contribution >= 0.6 is 0 Å². The summed E-state index contributed by atoms with van der Waals surface area (Å²) < 4.78 is 35.7. The van der Waals surface area contributed by atoms with E-state index in [-0.39, 0.29) is 27.6 Å². The van der Waals surface area contributed by atoms with Gasteiger partial charge in [-0.2, -0.15) is 0 Å². The molecule has 0 saturated heterocycles. The second kappa shape index (κ2) is 11.6. The van der Waals surface area contributed by atoms with Gasteiger partial charge in [0.1, 0.15) is 0 Å². The summed E-state index contributed by atoms with van der Waals surface area (Å²) in [7, 11) is -4.28. The molecule has 11 heteroatoms.